The van der Waals surface area contributed by atoms with E-state index in [0.29, 0.717) is 12.1 Å². The maximum atomic E-state index is 13.3. The molecule has 0 atom stereocenters. The van der Waals surface area contributed by atoms with Gasteiger partial charge in [-0.1, -0.05) is 54.3 Å². The van der Waals surface area contributed by atoms with Crippen LogP contribution in [-0.2, 0) is 6.42 Å². The maximum absolute atomic E-state index is 13.3. The highest BCUT2D eigenvalue weighted by Crippen LogP contribution is 2.03. The summed E-state index contributed by atoms with van der Waals surface area (Å²) in [5.41, 5.74) is 1.50. The number of hydrogen-bond acceptors (Lipinski definition) is 1. The van der Waals surface area contributed by atoms with Gasteiger partial charge in [0.15, 0.2) is 0 Å². The normalized spacial score (nSPS) is 9.50. The van der Waals surface area contributed by atoms with Gasteiger partial charge in [-0.3, -0.25) is 0 Å². The average molecular weight is 296 g/mol. The van der Waals surface area contributed by atoms with Gasteiger partial charge in [0.2, 0.25) is 0 Å². The molecule has 0 spiro atoms. The third kappa shape index (κ3) is 5.29. The second kappa shape index (κ2) is 8.48. The quantitative estimate of drug-likeness (QED) is 0.837. The van der Waals surface area contributed by atoms with Crippen molar-refractivity contribution in [1.29, 1.82) is 0 Å². The van der Waals surface area contributed by atoms with Crippen LogP contribution < -0.4 is 10.6 Å². The summed E-state index contributed by atoms with van der Waals surface area (Å²) >= 11 is 0. The Bertz CT molecular complexity index is 674. The number of hydrogen-bond donors (Lipinski definition) is 2. The van der Waals surface area contributed by atoms with Crippen LogP contribution in [0.3, 0.4) is 0 Å². The zero-order chi connectivity index (χ0) is 15.6. The summed E-state index contributed by atoms with van der Waals surface area (Å²) in [5.74, 6) is 5.04. The molecule has 0 radical (unpaired) electrons. The van der Waals surface area contributed by atoms with E-state index in [9.17, 15) is 9.18 Å². The molecule has 2 aromatic rings. The van der Waals surface area contributed by atoms with Crippen LogP contribution in [0, 0.1) is 17.7 Å². The van der Waals surface area contributed by atoms with Crippen molar-refractivity contribution >= 4 is 6.03 Å². The first-order valence-electron chi connectivity index (χ1n) is 7.05. The minimum Gasteiger partial charge on any atom is -0.338 e. The van der Waals surface area contributed by atoms with Gasteiger partial charge in [0.05, 0.1) is 12.1 Å². The first kappa shape index (κ1) is 15.6. The van der Waals surface area contributed by atoms with Crippen molar-refractivity contribution in [3.8, 4) is 11.8 Å². The van der Waals surface area contributed by atoms with Gasteiger partial charge < -0.3 is 10.6 Å². The minimum absolute atomic E-state index is 0.172. The van der Waals surface area contributed by atoms with Gasteiger partial charge in [0, 0.05) is 6.54 Å². The van der Waals surface area contributed by atoms with E-state index in [2.05, 4.69) is 22.5 Å². The van der Waals surface area contributed by atoms with E-state index in [4.69, 9.17) is 0 Å². The topological polar surface area (TPSA) is 41.1 Å². The molecular weight excluding hydrogens is 279 g/mol. The molecule has 2 N–H and O–H groups in total. The monoisotopic (exact) mass is 296 g/mol. The van der Waals surface area contributed by atoms with Gasteiger partial charge in [0.25, 0.3) is 0 Å². The molecular formula is C18H17FN2O. The molecule has 0 fully saturated rings. The van der Waals surface area contributed by atoms with Crippen LogP contribution >= 0.6 is 0 Å². The van der Waals surface area contributed by atoms with Crippen molar-refractivity contribution < 1.29 is 9.18 Å². The summed E-state index contributed by atoms with van der Waals surface area (Å²) < 4.78 is 13.3. The Morgan fingerprint density at radius 1 is 1.00 bits per heavy atom. The number of nitrogens with one attached hydrogen (secondary N) is 2. The van der Waals surface area contributed by atoms with Gasteiger partial charge in [-0.15, -0.1) is 0 Å². The Hall–Kier alpha value is -2.80. The Morgan fingerprint density at radius 3 is 2.50 bits per heavy atom. The number of rotatable bonds is 4. The first-order valence-corrected chi connectivity index (χ1v) is 7.05. The molecule has 0 aliphatic carbocycles. The second-order valence-electron chi connectivity index (χ2n) is 4.63. The molecule has 0 saturated carbocycles. The van der Waals surface area contributed by atoms with Gasteiger partial charge in [-0.05, 0) is 24.1 Å². The summed E-state index contributed by atoms with van der Waals surface area (Å²) in [5, 5.41) is 5.36. The lowest BCUT2D eigenvalue weighted by Gasteiger charge is -2.05. The van der Waals surface area contributed by atoms with Crippen LogP contribution in [0.4, 0.5) is 9.18 Å². The Morgan fingerprint density at radius 2 is 1.73 bits per heavy atom. The van der Waals surface area contributed by atoms with Gasteiger partial charge in [-0.25, -0.2) is 9.18 Å². The average Bonchev–Trinajstić information content (AvgIpc) is 2.54. The molecule has 2 amide bonds. The van der Waals surface area contributed by atoms with Crippen LogP contribution in [0.5, 0.6) is 0 Å². The molecule has 3 nitrogen and oxygen atoms in total. The number of carbonyl (C=O) groups excluding carboxylic acids is 1. The molecule has 0 aliphatic heterocycles. The number of carbonyl (C=O) groups is 1. The highest BCUT2D eigenvalue weighted by molar-refractivity contribution is 5.74. The van der Waals surface area contributed by atoms with Crippen LogP contribution in [0.15, 0.2) is 54.6 Å². The van der Waals surface area contributed by atoms with Gasteiger partial charge >= 0.3 is 6.03 Å². The molecule has 0 aromatic heterocycles. The lowest BCUT2D eigenvalue weighted by atomic mass is 10.1. The summed E-state index contributed by atoms with van der Waals surface area (Å²) in [6.45, 7) is 0.724. The van der Waals surface area contributed by atoms with Crippen LogP contribution in [0.2, 0.25) is 0 Å². The van der Waals surface area contributed by atoms with Gasteiger partial charge in [-0.2, -0.15) is 0 Å². The molecule has 22 heavy (non-hydrogen) atoms. The fourth-order valence-electron chi connectivity index (χ4n) is 1.85. The minimum atomic E-state index is -0.359. The molecule has 0 aliphatic rings. The van der Waals surface area contributed by atoms with Crippen molar-refractivity contribution in [1.82, 2.24) is 10.6 Å². The summed E-state index contributed by atoms with van der Waals surface area (Å²) in [6.07, 6.45) is 0.773. The van der Waals surface area contributed by atoms with Crippen molar-refractivity contribution in [3.05, 3.63) is 71.5 Å². The van der Waals surface area contributed by atoms with Crippen LogP contribution in [0.25, 0.3) is 0 Å². The highest BCUT2D eigenvalue weighted by Gasteiger charge is 1.98. The molecule has 0 saturated heterocycles. The predicted octanol–water partition coefficient (Wildman–Crippen LogP) is 2.72. The summed E-state index contributed by atoms with van der Waals surface area (Å²) in [4.78, 5) is 11.5. The van der Waals surface area contributed by atoms with E-state index >= 15 is 0 Å². The molecule has 0 bridgehead atoms. The lowest BCUT2D eigenvalue weighted by Crippen LogP contribution is -2.36. The fraction of sp³-hybridized carbons (Fsp3) is 0.167. The molecule has 2 rings (SSSR count). The van der Waals surface area contributed by atoms with Crippen molar-refractivity contribution in [3.63, 3.8) is 0 Å². The number of urea groups is 1. The molecule has 0 heterocycles. The van der Waals surface area contributed by atoms with Crippen LogP contribution in [-0.4, -0.2) is 19.1 Å². The molecule has 2 aromatic carbocycles. The largest absolute Gasteiger partial charge is 0.338 e. The maximum Gasteiger partial charge on any atom is 0.315 e. The van der Waals surface area contributed by atoms with E-state index in [-0.39, 0.29) is 18.4 Å². The fourth-order valence-corrected chi connectivity index (χ4v) is 1.85. The summed E-state index contributed by atoms with van der Waals surface area (Å²) in [6, 6.07) is 15.9. The Labute approximate surface area is 129 Å². The third-order valence-corrected chi connectivity index (χ3v) is 2.98. The van der Waals surface area contributed by atoms with Crippen molar-refractivity contribution in [2.45, 2.75) is 6.42 Å². The standard InChI is InChI=1S/C18H17FN2O/c19-17-11-5-4-9-16(17)10-6-13-20-18(22)21-14-12-15-7-2-1-3-8-15/h1-5,7-9,11H,12-14H2,(H2,20,21,22). The number of amides is 2. The first-order chi connectivity index (χ1) is 10.8. The van der Waals surface area contributed by atoms with E-state index in [0.717, 1.165) is 6.42 Å². The zero-order valence-corrected chi connectivity index (χ0v) is 12.1. The summed E-state index contributed by atoms with van der Waals surface area (Å²) in [7, 11) is 0. The Balaban J connectivity index is 1.67. The Kier molecular flexibility index (Phi) is 6.01. The van der Waals surface area contributed by atoms with Gasteiger partial charge in [0.1, 0.15) is 5.82 Å². The van der Waals surface area contributed by atoms with E-state index in [1.807, 2.05) is 30.3 Å². The third-order valence-electron chi connectivity index (χ3n) is 2.98. The second-order valence-corrected chi connectivity index (χ2v) is 4.63. The van der Waals surface area contributed by atoms with Crippen molar-refractivity contribution in [2.75, 3.05) is 13.1 Å². The molecule has 0 unspecified atom stereocenters. The molecule has 4 heteroatoms. The lowest BCUT2D eigenvalue weighted by molar-refractivity contribution is 0.242. The van der Waals surface area contributed by atoms with E-state index in [1.165, 1.54) is 11.6 Å². The zero-order valence-electron chi connectivity index (χ0n) is 12.1. The van der Waals surface area contributed by atoms with Crippen LogP contribution in [0.1, 0.15) is 11.1 Å². The van der Waals surface area contributed by atoms with E-state index < -0.39 is 0 Å². The van der Waals surface area contributed by atoms with Crippen molar-refractivity contribution in [2.24, 2.45) is 0 Å². The number of halogens is 1. The smallest absolute Gasteiger partial charge is 0.315 e. The number of benzene rings is 2. The molecule has 112 valence electrons. The SMILES string of the molecule is O=C(NCC#Cc1ccccc1F)NCCc1ccccc1. The predicted molar refractivity (Wildman–Crippen MR) is 84.8 cm³/mol. The van der Waals surface area contributed by atoms with E-state index in [1.54, 1.807) is 18.2 Å². The highest BCUT2D eigenvalue weighted by atomic mass is 19.1.